The summed E-state index contributed by atoms with van der Waals surface area (Å²) in [5.41, 5.74) is 1.34. The Balaban J connectivity index is 2.11. The quantitative estimate of drug-likeness (QED) is 0.897. The first kappa shape index (κ1) is 13.0. The summed E-state index contributed by atoms with van der Waals surface area (Å²) in [5, 5.41) is 5.19. The van der Waals surface area contributed by atoms with Crippen molar-refractivity contribution in [3.8, 4) is 0 Å². The molecule has 0 spiro atoms. The van der Waals surface area contributed by atoms with Gasteiger partial charge in [0.25, 0.3) is 0 Å². The summed E-state index contributed by atoms with van der Waals surface area (Å²) < 4.78 is 0. The van der Waals surface area contributed by atoms with Crippen LogP contribution in [0.5, 0.6) is 0 Å². The second kappa shape index (κ2) is 5.93. The van der Waals surface area contributed by atoms with E-state index in [1.165, 1.54) is 10.4 Å². The van der Waals surface area contributed by atoms with Crippen LogP contribution in [0.2, 0.25) is 0 Å². The van der Waals surface area contributed by atoms with Crippen LogP contribution in [0.4, 0.5) is 5.82 Å². The largest absolute Gasteiger partial charge is 0.354 e. The van der Waals surface area contributed by atoms with Crippen molar-refractivity contribution in [1.82, 2.24) is 15.3 Å². The average molecular weight is 262 g/mol. The molecule has 0 bridgehead atoms. The topological polar surface area (TPSA) is 41.1 Å². The molecule has 0 aliphatic rings. The van der Waals surface area contributed by atoms with Gasteiger partial charge in [-0.3, -0.25) is 0 Å². The van der Waals surface area contributed by atoms with Gasteiger partial charge in [0.2, 0.25) is 0 Å². The van der Waals surface area contributed by atoms with Crippen molar-refractivity contribution in [3.05, 3.63) is 40.0 Å². The lowest BCUT2D eigenvalue weighted by molar-refractivity contribution is 0.751. The molecule has 0 atom stereocenters. The van der Waals surface area contributed by atoms with Gasteiger partial charge >= 0.3 is 0 Å². The second-order valence-corrected chi connectivity index (χ2v) is 5.24. The maximum absolute atomic E-state index is 4.53. The van der Waals surface area contributed by atoms with E-state index in [1.54, 1.807) is 11.3 Å². The summed E-state index contributed by atoms with van der Waals surface area (Å²) in [6.07, 6.45) is 1.81. The summed E-state index contributed by atoms with van der Waals surface area (Å²) in [5.74, 6) is 1.79. The Morgan fingerprint density at radius 3 is 2.89 bits per heavy atom. The van der Waals surface area contributed by atoms with Crippen LogP contribution < -0.4 is 10.2 Å². The Morgan fingerprint density at radius 1 is 1.39 bits per heavy atom. The van der Waals surface area contributed by atoms with Gasteiger partial charge in [0.05, 0.1) is 13.1 Å². The highest BCUT2D eigenvalue weighted by Gasteiger charge is 2.07. The zero-order valence-electron chi connectivity index (χ0n) is 11.0. The van der Waals surface area contributed by atoms with Gasteiger partial charge in [-0.1, -0.05) is 0 Å². The fraction of sp³-hybridized carbons (Fsp3) is 0.385. The van der Waals surface area contributed by atoms with E-state index in [9.17, 15) is 0 Å². The highest BCUT2D eigenvalue weighted by Crippen LogP contribution is 2.19. The van der Waals surface area contributed by atoms with Crippen LogP contribution in [0.15, 0.2) is 23.7 Å². The fourth-order valence-electron chi connectivity index (χ4n) is 1.71. The van der Waals surface area contributed by atoms with Crippen LogP contribution in [-0.4, -0.2) is 24.1 Å². The summed E-state index contributed by atoms with van der Waals surface area (Å²) >= 11 is 1.79. The predicted octanol–water partition coefficient (Wildman–Crippen LogP) is 2.20. The van der Waals surface area contributed by atoms with E-state index in [2.05, 4.69) is 45.6 Å². The number of thiophene rings is 1. The third kappa shape index (κ3) is 3.05. The Kier molecular flexibility index (Phi) is 4.28. The van der Waals surface area contributed by atoms with Crippen molar-refractivity contribution in [1.29, 1.82) is 0 Å². The molecule has 0 amide bonds. The average Bonchev–Trinajstić information content (AvgIpc) is 2.76. The maximum Gasteiger partial charge on any atom is 0.144 e. The van der Waals surface area contributed by atoms with Crippen LogP contribution in [0.3, 0.4) is 0 Å². The van der Waals surface area contributed by atoms with Gasteiger partial charge in [-0.15, -0.1) is 11.3 Å². The molecule has 4 nitrogen and oxygen atoms in total. The molecule has 18 heavy (non-hydrogen) atoms. The number of nitrogens with zero attached hydrogens (tertiary/aromatic N) is 3. The number of nitrogens with one attached hydrogen (secondary N) is 1. The molecular weight excluding hydrogens is 244 g/mol. The highest BCUT2D eigenvalue weighted by atomic mass is 32.1. The lowest BCUT2D eigenvalue weighted by atomic mass is 10.3. The van der Waals surface area contributed by atoms with Crippen molar-refractivity contribution in [2.45, 2.75) is 20.0 Å². The number of anilines is 1. The van der Waals surface area contributed by atoms with Crippen LogP contribution in [0, 0.1) is 6.92 Å². The number of aryl methyl sites for hydroxylation is 1. The normalized spacial score (nSPS) is 10.6. The van der Waals surface area contributed by atoms with Crippen molar-refractivity contribution in [3.63, 3.8) is 0 Å². The van der Waals surface area contributed by atoms with Gasteiger partial charge in [0, 0.05) is 18.1 Å². The SMILES string of the molecule is CNCc1nccc(N(C)Cc2sccc2C)n1. The third-order valence-electron chi connectivity index (χ3n) is 2.77. The van der Waals surface area contributed by atoms with E-state index in [0.717, 1.165) is 18.2 Å². The highest BCUT2D eigenvalue weighted by molar-refractivity contribution is 7.10. The fourth-order valence-corrected chi connectivity index (χ4v) is 2.67. The smallest absolute Gasteiger partial charge is 0.144 e. The molecule has 0 saturated heterocycles. The summed E-state index contributed by atoms with van der Waals surface area (Å²) in [4.78, 5) is 12.3. The first-order chi connectivity index (χ1) is 8.70. The third-order valence-corrected chi connectivity index (χ3v) is 3.77. The second-order valence-electron chi connectivity index (χ2n) is 4.24. The first-order valence-electron chi connectivity index (χ1n) is 5.91. The van der Waals surface area contributed by atoms with Crippen LogP contribution in [-0.2, 0) is 13.1 Å². The molecule has 2 aromatic heterocycles. The number of aromatic nitrogens is 2. The molecule has 1 N–H and O–H groups in total. The van der Waals surface area contributed by atoms with E-state index in [1.807, 2.05) is 19.3 Å². The Labute approximate surface area is 112 Å². The van der Waals surface area contributed by atoms with Gasteiger partial charge in [0.15, 0.2) is 0 Å². The van der Waals surface area contributed by atoms with Gasteiger partial charge in [-0.2, -0.15) is 0 Å². The van der Waals surface area contributed by atoms with Gasteiger partial charge in [-0.05, 0) is 37.0 Å². The minimum Gasteiger partial charge on any atom is -0.354 e. The molecule has 0 aromatic carbocycles. The van der Waals surface area contributed by atoms with Crippen molar-refractivity contribution in [2.75, 3.05) is 19.0 Å². The maximum atomic E-state index is 4.53. The standard InChI is InChI=1S/C13H18N4S/c1-10-5-7-18-11(10)9-17(3)13-4-6-15-12(16-13)8-14-2/h4-7,14H,8-9H2,1-3H3. The molecule has 2 rings (SSSR count). The lowest BCUT2D eigenvalue weighted by Crippen LogP contribution is -2.19. The van der Waals surface area contributed by atoms with Crippen LogP contribution in [0.1, 0.15) is 16.3 Å². The Morgan fingerprint density at radius 2 is 2.22 bits per heavy atom. The molecule has 2 heterocycles. The molecule has 2 aromatic rings. The Bertz CT molecular complexity index is 509. The van der Waals surface area contributed by atoms with E-state index >= 15 is 0 Å². The van der Waals surface area contributed by atoms with Gasteiger partial charge < -0.3 is 10.2 Å². The van der Waals surface area contributed by atoms with E-state index < -0.39 is 0 Å². The van der Waals surface area contributed by atoms with Gasteiger partial charge in [0.1, 0.15) is 11.6 Å². The molecule has 0 unspecified atom stereocenters. The molecule has 96 valence electrons. The minimum absolute atomic E-state index is 0.694. The molecule has 0 aliphatic heterocycles. The van der Waals surface area contributed by atoms with Crippen molar-refractivity contribution in [2.24, 2.45) is 0 Å². The monoisotopic (exact) mass is 262 g/mol. The summed E-state index contributed by atoms with van der Waals surface area (Å²) in [6.45, 7) is 3.73. The van der Waals surface area contributed by atoms with Crippen LogP contribution >= 0.6 is 11.3 Å². The molecule has 5 heteroatoms. The van der Waals surface area contributed by atoms with Crippen molar-refractivity contribution < 1.29 is 0 Å². The molecular formula is C13H18N4S. The number of hydrogen-bond acceptors (Lipinski definition) is 5. The number of rotatable bonds is 5. The lowest BCUT2D eigenvalue weighted by Gasteiger charge is -2.18. The number of hydrogen-bond donors (Lipinski definition) is 1. The van der Waals surface area contributed by atoms with E-state index in [4.69, 9.17) is 0 Å². The van der Waals surface area contributed by atoms with E-state index in [-0.39, 0.29) is 0 Å². The van der Waals surface area contributed by atoms with Crippen molar-refractivity contribution >= 4 is 17.2 Å². The summed E-state index contributed by atoms with van der Waals surface area (Å²) in [7, 11) is 3.96. The first-order valence-corrected chi connectivity index (χ1v) is 6.79. The Hall–Kier alpha value is -1.46. The summed E-state index contributed by atoms with van der Waals surface area (Å²) in [6, 6.07) is 4.10. The molecule has 0 saturated carbocycles. The molecule has 0 radical (unpaired) electrons. The van der Waals surface area contributed by atoms with Crippen LogP contribution in [0.25, 0.3) is 0 Å². The van der Waals surface area contributed by atoms with Gasteiger partial charge in [-0.25, -0.2) is 9.97 Å². The zero-order chi connectivity index (χ0) is 13.0. The van der Waals surface area contributed by atoms with E-state index in [0.29, 0.717) is 6.54 Å². The molecule has 0 fully saturated rings. The molecule has 0 aliphatic carbocycles. The predicted molar refractivity (Wildman–Crippen MR) is 76.0 cm³/mol. The zero-order valence-corrected chi connectivity index (χ0v) is 11.8. The minimum atomic E-state index is 0.694.